The van der Waals surface area contributed by atoms with E-state index in [1.807, 2.05) is 33.2 Å². The maximum atomic E-state index is 12.9. The Morgan fingerprint density at radius 1 is 1.06 bits per heavy atom. The molecule has 194 valence electrons. The van der Waals surface area contributed by atoms with Crippen molar-refractivity contribution in [2.75, 3.05) is 27.7 Å². The van der Waals surface area contributed by atoms with Gasteiger partial charge < -0.3 is 24.8 Å². The van der Waals surface area contributed by atoms with Crippen LogP contribution in [0.15, 0.2) is 23.5 Å². The van der Waals surface area contributed by atoms with Crippen LogP contribution < -0.4 is 5.32 Å². The maximum absolute atomic E-state index is 12.9. The normalized spacial score (nSPS) is 18.4. The molecule has 1 aliphatic carbocycles. The fourth-order valence-electron chi connectivity index (χ4n) is 4.45. The Morgan fingerprint density at radius 3 is 2.18 bits per heavy atom. The van der Waals surface area contributed by atoms with Crippen LogP contribution in [0.25, 0.3) is 0 Å². The number of aliphatic carboxylic acids is 1. The van der Waals surface area contributed by atoms with E-state index in [1.54, 1.807) is 21.0 Å². The molecule has 1 fully saturated rings. The Bertz CT molecular complexity index is 750. The summed E-state index contributed by atoms with van der Waals surface area (Å²) in [5, 5.41) is 11.8. The van der Waals surface area contributed by atoms with Gasteiger partial charge >= 0.3 is 11.9 Å². The van der Waals surface area contributed by atoms with Crippen molar-refractivity contribution >= 4 is 17.8 Å². The van der Waals surface area contributed by atoms with Gasteiger partial charge in [0.2, 0.25) is 5.91 Å². The van der Waals surface area contributed by atoms with Gasteiger partial charge in [-0.25, -0.2) is 4.79 Å². The number of carbonyl (C=O) groups excluding carboxylic acids is 2. The van der Waals surface area contributed by atoms with Crippen LogP contribution in [0.3, 0.4) is 0 Å². The zero-order valence-corrected chi connectivity index (χ0v) is 22.0. The Hall–Kier alpha value is -2.35. The first-order valence-electron chi connectivity index (χ1n) is 12.2. The SMILES string of the molecule is COC(C)=CC=C(C)C(CN(C)C)C1(OC(=O)CCC(=O)NC(C(=O)O)C(C)C)CCCCC1. The van der Waals surface area contributed by atoms with Crippen LogP contribution in [0.5, 0.6) is 0 Å². The minimum absolute atomic E-state index is 0.00110. The molecule has 2 N–H and O–H groups in total. The molecule has 1 amide bonds. The zero-order chi connectivity index (χ0) is 25.9. The number of amides is 1. The van der Waals surface area contributed by atoms with Gasteiger partial charge in [0.1, 0.15) is 11.6 Å². The third-order valence-electron chi connectivity index (χ3n) is 6.46. The largest absolute Gasteiger partial charge is 0.501 e. The van der Waals surface area contributed by atoms with E-state index in [9.17, 15) is 19.5 Å². The molecule has 0 heterocycles. The first-order chi connectivity index (χ1) is 15.9. The number of carboxylic acid groups (broad SMARTS) is 1. The summed E-state index contributed by atoms with van der Waals surface area (Å²) in [5.74, 6) is -1.43. The van der Waals surface area contributed by atoms with Gasteiger partial charge in [-0.1, -0.05) is 31.9 Å². The molecule has 0 saturated heterocycles. The quantitative estimate of drug-likeness (QED) is 0.234. The van der Waals surface area contributed by atoms with Crippen molar-refractivity contribution in [3.63, 3.8) is 0 Å². The van der Waals surface area contributed by atoms with Gasteiger partial charge in [-0.3, -0.25) is 9.59 Å². The van der Waals surface area contributed by atoms with Crippen molar-refractivity contribution in [1.82, 2.24) is 10.2 Å². The first-order valence-corrected chi connectivity index (χ1v) is 12.2. The number of rotatable bonds is 13. The average molecular weight is 481 g/mol. The molecule has 0 radical (unpaired) electrons. The highest BCUT2D eigenvalue weighted by molar-refractivity contribution is 5.86. The molecule has 0 aromatic heterocycles. The van der Waals surface area contributed by atoms with Crippen molar-refractivity contribution in [3.8, 4) is 0 Å². The number of hydrogen-bond donors (Lipinski definition) is 2. The third kappa shape index (κ3) is 9.49. The first kappa shape index (κ1) is 29.7. The fraction of sp³-hybridized carbons (Fsp3) is 0.731. The van der Waals surface area contributed by atoms with Crippen molar-refractivity contribution in [2.45, 2.75) is 84.3 Å². The summed E-state index contributed by atoms with van der Waals surface area (Å²) in [6, 6.07) is -0.978. The predicted octanol–water partition coefficient (Wildman–Crippen LogP) is 3.91. The molecule has 2 unspecified atom stereocenters. The molecule has 0 spiro atoms. The Morgan fingerprint density at radius 2 is 1.68 bits per heavy atom. The Kier molecular flexibility index (Phi) is 12.3. The molecule has 34 heavy (non-hydrogen) atoms. The van der Waals surface area contributed by atoms with Crippen LogP contribution >= 0.6 is 0 Å². The summed E-state index contributed by atoms with van der Waals surface area (Å²) in [4.78, 5) is 38.6. The lowest BCUT2D eigenvalue weighted by Crippen LogP contribution is -2.48. The second kappa shape index (κ2) is 14.1. The lowest BCUT2D eigenvalue weighted by atomic mass is 9.72. The highest BCUT2D eigenvalue weighted by Gasteiger charge is 2.44. The van der Waals surface area contributed by atoms with Crippen molar-refractivity contribution in [1.29, 1.82) is 0 Å². The van der Waals surface area contributed by atoms with Gasteiger partial charge in [0.05, 0.1) is 19.3 Å². The summed E-state index contributed by atoms with van der Waals surface area (Å²) in [6.07, 6.45) is 8.38. The molecule has 8 heteroatoms. The standard InChI is InChI=1S/C26H44N2O6/c1-18(2)24(25(31)32)27-22(29)13-14-23(30)34-26(15-9-8-10-16-26)21(17-28(5)6)19(3)11-12-20(4)33-7/h11-12,18,21,24H,8-10,13-17H2,1-7H3,(H,27,29)(H,31,32). The summed E-state index contributed by atoms with van der Waals surface area (Å²) >= 11 is 0. The van der Waals surface area contributed by atoms with E-state index in [0.717, 1.165) is 50.0 Å². The van der Waals surface area contributed by atoms with Gasteiger partial charge in [0.25, 0.3) is 0 Å². The van der Waals surface area contributed by atoms with Crippen molar-refractivity contribution < 1.29 is 29.0 Å². The predicted molar refractivity (Wildman–Crippen MR) is 132 cm³/mol. The van der Waals surface area contributed by atoms with Crippen LogP contribution in [0.2, 0.25) is 0 Å². The van der Waals surface area contributed by atoms with Gasteiger partial charge in [-0.15, -0.1) is 0 Å². The second-order valence-electron chi connectivity index (χ2n) is 9.93. The monoisotopic (exact) mass is 480 g/mol. The number of allylic oxidation sites excluding steroid dienone is 3. The zero-order valence-electron chi connectivity index (χ0n) is 22.0. The number of nitrogens with one attached hydrogen (secondary N) is 1. The van der Waals surface area contributed by atoms with Crippen LogP contribution in [0.4, 0.5) is 0 Å². The van der Waals surface area contributed by atoms with Crippen LogP contribution in [0.1, 0.15) is 72.6 Å². The average Bonchev–Trinajstić information content (AvgIpc) is 2.77. The van der Waals surface area contributed by atoms with E-state index in [2.05, 4.69) is 17.1 Å². The molecule has 1 aliphatic rings. The summed E-state index contributed by atoms with van der Waals surface area (Å²) in [5.41, 5.74) is 0.478. The Labute approximate surface area is 204 Å². The molecule has 1 saturated carbocycles. The number of ether oxygens (including phenoxy) is 2. The molecule has 8 nitrogen and oxygen atoms in total. The molecular formula is C26H44N2O6. The molecule has 0 aliphatic heterocycles. The van der Waals surface area contributed by atoms with Crippen LogP contribution in [-0.4, -0.2) is 67.2 Å². The molecule has 0 aromatic rings. The number of hydrogen-bond acceptors (Lipinski definition) is 6. The topological polar surface area (TPSA) is 105 Å². The van der Waals surface area contributed by atoms with Crippen molar-refractivity contribution in [3.05, 3.63) is 23.5 Å². The molecular weight excluding hydrogens is 436 g/mol. The van der Waals surface area contributed by atoms with Crippen LogP contribution in [0, 0.1) is 11.8 Å². The minimum Gasteiger partial charge on any atom is -0.501 e. The summed E-state index contributed by atoms with van der Waals surface area (Å²) in [6.45, 7) is 8.13. The number of carboxylic acids is 1. The summed E-state index contributed by atoms with van der Waals surface area (Å²) in [7, 11) is 5.65. The smallest absolute Gasteiger partial charge is 0.326 e. The molecule has 2 atom stereocenters. The van der Waals surface area contributed by atoms with E-state index in [-0.39, 0.29) is 24.7 Å². The van der Waals surface area contributed by atoms with Gasteiger partial charge in [0, 0.05) is 18.9 Å². The van der Waals surface area contributed by atoms with Gasteiger partial charge in [-0.05, 0) is 65.6 Å². The second-order valence-corrected chi connectivity index (χ2v) is 9.93. The number of esters is 1. The van der Waals surface area contributed by atoms with Crippen molar-refractivity contribution in [2.24, 2.45) is 11.8 Å². The lowest BCUT2D eigenvalue weighted by molar-refractivity contribution is -0.170. The van der Waals surface area contributed by atoms with Gasteiger partial charge in [-0.2, -0.15) is 0 Å². The fourth-order valence-corrected chi connectivity index (χ4v) is 4.45. The third-order valence-corrected chi connectivity index (χ3v) is 6.46. The molecule has 0 bridgehead atoms. The maximum Gasteiger partial charge on any atom is 0.326 e. The van der Waals surface area contributed by atoms with E-state index < -0.39 is 29.5 Å². The Balaban J connectivity index is 3.01. The molecule has 1 rings (SSSR count). The summed E-state index contributed by atoms with van der Waals surface area (Å²) < 4.78 is 11.4. The van der Waals surface area contributed by atoms with E-state index in [1.165, 1.54) is 0 Å². The number of methoxy groups -OCH3 is 1. The van der Waals surface area contributed by atoms with E-state index >= 15 is 0 Å². The van der Waals surface area contributed by atoms with Crippen LogP contribution in [-0.2, 0) is 23.9 Å². The number of carbonyl (C=O) groups is 3. The lowest BCUT2D eigenvalue weighted by Gasteiger charge is -2.44. The molecule has 0 aromatic carbocycles. The van der Waals surface area contributed by atoms with E-state index in [0.29, 0.717) is 0 Å². The highest BCUT2D eigenvalue weighted by Crippen LogP contribution is 2.42. The van der Waals surface area contributed by atoms with Gasteiger partial charge in [0.15, 0.2) is 0 Å². The van der Waals surface area contributed by atoms with E-state index in [4.69, 9.17) is 9.47 Å². The number of nitrogens with zero attached hydrogens (tertiary/aromatic N) is 1. The highest BCUT2D eigenvalue weighted by atomic mass is 16.6. The minimum atomic E-state index is -1.08.